The van der Waals surface area contributed by atoms with E-state index >= 15 is 0 Å². The van der Waals surface area contributed by atoms with Crippen molar-refractivity contribution in [2.24, 2.45) is 0 Å². The molecule has 4 nitrogen and oxygen atoms in total. The number of hydrogen-bond donors (Lipinski definition) is 0. The van der Waals surface area contributed by atoms with Crippen LogP contribution in [0, 0.1) is 11.3 Å². The predicted octanol–water partition coefficient (Wildman–Crippen LogP) is 4.42. The first kappa shape index (κ1) is 14.2. The van der Waals surface area contributed by atoms with Crippen molar-refractivity contribution in [2.75, 3.05) is 0 Å². The number of nitrogens with zero attached hydrogens (tertiary/aromatic N) is 3. The molecule has 0 atom stereocenters. The SMILES string of the molecule is CCc1ccc(/C=C(\C#N)c2nc(-c3cccs3)no2)cc1. The highest BCUT2D eigenvalue weighted by Crippen LogP contribution is 2.24. The van der Waals surface area contributed by atoms with Gasteiger partial charge in [-0.05, 0) is 35.1 Å². The third kappa shape index (κ3) is 2.97. The second-order valence-corrected chi connectivity index (χ2v) is 5.61. The minimum absolute atomic E-state index is 0.241. The van der Waals surface area contributed by atoms with Crippen LogP contribution in [-0.2, 0) is 6.42 Å². The van der Waals surface area contributed by atoms with Crippen molar-refractivity contribution in [1.29, 1.82) is 5.26 Å². The molecular formula is C17H13N3OS. The topological polar surface area (TPSA) is 62.7 Å². The van der Waals surface area contributed by atoms with Crippen molar-refractivity contribution in [2.45, 2.75) is 13.3 Å². The molecule has 108 valence electrons. The first-order valence-corrected chi connectivity index (χ1v) is 7.77. The van der Waals surface area contributed by atoms with Crippen molar-refractivity contribution >= 4 is 23.0 Å². The Morgan fingerprint density at radius 1 is 1.32 bits per heavy atom. The summed E-state index contributed by atoms with van der Waals surface area (Å²) in [6.07, 6.45) is 2.74. The van der Waals surface area contributed by atoms with E-state index in [4.69, 9.17) is 4.52 Å². The van der Waals surface area contributed by atoms with Crippen LogP contribution in [0.25, 0.3) is 22.4 Å². The Morgan fingerprint density at radius 3 is 2.77 bits per heavy atom. The number of nitriles is 1. The van der Waals surface area contributed by atoms with Crippen molar-refractivity contribution in [1.82, 2.24) is 10.1 Å². The Morgan fingerprint density at radius 2 is 2.14 bits per heavy atom. The van der Waals surface area contributed by atoms with Crippen molar-refractivity contribution < 1.29 is 4.52 Å². The van der Waals surface area contributed by atoms with Gasteiger partial charge in [-0.25, -0.2) is 0 Å². The molecule has 0 saturated heterocycles. The van der Waals surface area contributed by atoms with Gasteiger partial charge >= 0.3 is 0 Å². The standard InChI is InChI=1S/C17H13N3OS/c1-2-12-5-7-13(8-6-12)10-14(11-18)17-19-16(20-21-17)15-4-3-9-22-15/h3-10H,2H2,1H3/b14-10+. The van der Waals surface area contributed by atoms with E-state index in [-0.39, 0.29) is 5.89 Å². The molecule has 0 aliphatic heterocycles. The molecule has 2 aromatic heterocycles. The molecule has 22 heavy (non-hydrogen) atoms. The average Bonchev–Trinajstić information content (AvgIpc) is 3.24. The molecule has 3 aromatic rings. The van der Waals surface area contributed by atoms with E-state index in [1.54, 1.807) is 6.08 Å². The van der Waals surface area contributed by atoms with Crippen LogP contribution in [0.15, 0.2) is 46.3 Å². The second-order valence-electron chi connectivity index (χ2n) is 4.67. The van der Waals surface area contributed by atoms with E-state index in [1.807, 2.05) is 41.8 Å². The van der Waals surface area contributed by atoms with Gasteiger partial charge < -0.3 is 4.52 Å². The first-order valence-electron chi connectivity index (χ1n) is 6.89. The van der Waals surface area contributed by atoms with Gasteiger partial charge in [-0.1, -0.05) is 42.4 Å². The van der Waals surface area contributed by atoms with E-state index < -0.39 is 0 Å². The van der Waals surface area contributed by atoms with Gasteiger partial charge in [0.2, 0.25) is 5.82 Å². The van der Waals surface area contributed by atoms with Crippen LogP contribution in [0.5, 0.6) is 0 Å². The Hall–Kier alpha value is -2.71. The zero-order chi connectivity index (χ0) is 15.4. The van der Waals surface area contributed by atoms with Gasteiger partial charge in [0.1, 0.15) is 11.6 Å². The molecule has 0 saturated carbocycles. The number of rotatable bonds is 4. The smallest absolute Gasteiger partial charge is 0.268 e. The van der Waals surface area contributed by atoms with Crippen LogP contribution in [0.3, 0.4) is 0 Å². The van der Waals surface area contributed by atoms with Crippen LogP contribution in [0.2, 0.25) is 0 Å². The normalized spacial score (nSPS) is 11.4. The lowest BCUT2D eigenvalue weighted by molar-refractivity contribution is 0.409. The summed E-state index contributed by atoms with van der Waals surface area (Å²) in [5, 5.41) is 15.2. The second kappa shape index (κ2) is 6.37. The fourth-order valence-electron chi connectivity index (χ4n) is 2.00. The molecule has 0 aliphatic rings. The Balaban J connectivity index is 1.90. The number of hydrogen-bond acceptors (Lipinski definition) is 5. The molecule has 0 aliphatic carbocycles. The zero-order valence-electron chi connectivity index (χ0n) is 12.0. The molecule has 0 amide bonds. The van der Waals surface area contributed by atoms with Crippen molar-refractivity contribution in [3.05, 3.63) is 58.8 Å². The van der Waals surface area contributed by atoms with Gasteiger partial charge in [-0.2, -0.15) is 10.2 Å². The quantitative estimate of drug-likeness (QED) is 0.669. The van der Waals surface area contributed by atoms with Gasteiger partial charge in [-0.15, -0.1) is 11.3 Å². The lowest BCUT2D eigenvalue weighted by Gasteiger charge is -1.97. The number of thiophene rings is 1. The Kier molecular flexibility index (Phi) is 4.12. The summed E-state index contributed by atoms with van der Waals surface area (Å²) in [6, 6.07) is 14.0. The first-order chi connectivity index (χ1) is 10.8. The van der Waals surface area contributed by atoms with E-state index in [1.165, 1.54) is 16.9 Å². The monoisotopic (exact) mass is 307 g/mol. The Bertz CT molecular complexity index is 824. The summed E-state index contributed by atoms with van der Waals surface area (Å²) < 4.78 is 5.21. The molecule has 5 heteroatoms. The highest BCUT2D eigenvalue weighted by Gasteiger charge is 2.13. The van der Waals surface area contributed by atoms with Gasteiger partial charge in [-0.3, -0.25) is 0 Å². The highest BCUT2D eigenvalue weighted by molar-refractivity contribution is 7.13. The molecule has 1 aromatic carbocycles. The van der Waals surface area contributed by atoms with Gasteiger partial charge in [0.25, 0.3) is 5.89 Å². The predicted molar refractivity (Wildman–Crippen MR) is 86.9 cm³/mol. The number of aryl methyl sites for hydroxylation is 1. The van der Waals surface area contributed by atoms with E-state index in [2.05, 4.69) is 23.1 Å². The van der Waals surface area contributed by atoms with Crippen LogP contribution in [0.4, 0.5) is 0 Å². The lowest BCUT2D eigenvalue weighted by atomic mass is 10.1. The van der Waals surface area contributed by atoms with Crippen molar-refractivity contribution in [3.8, 4) is 16.8 Å². The van der Waals surface area contributed by atoms with E-state index in [9.17, 15) is 5.26 Å². The van der Waals surface area contributed by atoms with Crippen LogP contribution >= 0.6 is 11.3 Å². The van der Waals surface area contributed by atoms with Gasteiger partial charge in [0.05, 0.1) is 4.88 Å². The molecule has 0 unspecified atom stereocenters. The largest absolute Gasteiger partial charge is 0.333 e. The van der Waals surface area contributed by atoms with Crippen LogP contribution in [-0.4, -0.2) is 10.1 Å². The third-order valence-corrected chi connectivity index (χ3v) is 4.08. The maximum absolute atomic E-state index is 9.34. The Labute approximate surface area is 132 Å². The van der Waals surface area contributed by atoms with Gasteiger partial charge in [0.15, 0.2) is 0 Å². The summed E-state index contributed by atoms with van der Waals surface area (Å²) in [5.74, 6) is 0.748. The maximum atomic E-state index is 9.34. The summed E-state index contributed by atoms with van der Waals surface area (Å²) in [5.41, 5.74) is 2.55. The average molecular weight is 307 g/mol. The minimum Gasteiger partial charge on any atom is -0.333 e. The summed E-state index contributed by atoms with van der Waals surface area (Å²) >= 11 is 1.53. The van der Waals surface area contributed by atoms with Crippen LogP contribution in [0.1, 0.15) is 23.9 Å². The summed E-state index contributed by atoms with van der Waals surface area (Å²) in [4.78, 5) is 5.21. The molecule has 2 heterocycles. The molecule has 3 rings (SSSR count). The molecule has 0 N–H and O–H groups in total. The number of allylic oxidation sites excluding steroid dienone is 1. The molecule has 0 radical (unpaired) electrons. The maximum Gasteiger partial charge on any atom is 0.268 e. The molecule has 0 fully saturated rings. The third-order valence-electron chi connectivity index (χ3n) is 3.22. The molecular weight excluding hydrogens is 294 g/mol. The van der Waals surface area contributed by atoms with E-state index in [0.29, 0.717) is 11.4 Å². The minimum atomic E-state index is 0.241. The molecule has 0 spiro atoms. The van der Waals surface area contributed by atoms with Crippen molar-refractivity contribution in [3.63, 3.8) is 0 Å². The van der Waals surface area contributed by atoms with E-state index in [0.717, 1.165) is 16.9 Å². The van der Waals surface area contributed by atoms with Crippen LogP contribution < -0.4 is 0 Å². The fourth-order valence-corrected chi connectivity index (χ4v) is 2.65. The van der Waals surface area contributed by atoms with Gasteiger partial charge in [0, 0.05) is 0 Å². The summed E-state index contributed by atoms with van der Waals surface area (Å²) in [6.45, 7) is 2.11. The number of benzene rings is 1. The highest BCUT2D eigenvalue weighted by atomic mass is 32.1. The lowest BCUT2D eigenvalue weighted by Crippen LogP contribution is -1.84. The summed E-state index contributed by atoms with van der Waals surface area (Å²) in [7, 11) is 0. The zero-order valence-corrected chi connectivity index (χ0v) is 12.8. The fraction of sp³-hybridized carbons (Fsp3) is 0.118. The molecule has 0 bridgehead atoms. The number of aromatic nitrogens is 2.